The summed E-state index contributed by atoms with van der Waals surface area (Å²) in [5.41, 5.74) is 1.68. The molecule has 1 aromatic carbocycles. The number of nitrogens with zero attached hydrogens (tertiary/aromatic N) is 4. The molecule has 2 aromatic rings. The molecule has 2 aliphatic heterocycles. The Morgan fingerprint density at radius 2 is 1.92 bits per heavy atom. The van der Waals surface area contributed by atoms with Gasteiger partial charge < -0.3 is 9.80 Å². The van der Waals surface area contributed by atoms with Gasteiger partial charge in [-0.2, -0.15) is 5.26 Å². The minimum atomic E-state index is -0.0685. The van der Waals surface area contributed by atoms with Crippen LogP contribution in [0.1, 0.15) is 36.3 Å². The zero-order valence-electron chi connectivity index (χ0n) is 14.9. The molecule has 0 unspecified atom stereocenters. The maximum Gasteiger partial charge on any atom is 0.230 e. The van der Waals surface area contributed by atoms with E-state index in [1.54, 1.807) is 12.3 Å². The second-order valence-corrected chi connectivity index (χ2v) is 7.29. The van der Waals surface area contributed by atoms with Crippen molar-refractivity contribution in [3.63, 3.8) is 0 Å². The summed E-state index contributed by atoms with van der Waals surface area (Å²) in [4.78, 5) is 21.5. The number of anilines is 1. The number of likely N-dealkylation sites (tertiary alicyclic amines) is 1. The van der Waals surface area contributed by atoms with Crippen LogP contribution in [-0.2, 0) is 4.79 Å². The van der Waals surface area contributed by atoms with Gasteiger partial charge in [-0.25, -0.2) is 4.98 Å². The lowest BCUT2D eigenvalue weighted by atomic mass is 9.81. The van der Waals surface area contributed by atoms with E-state index in [0.717, 1.165) is 43.7 Å². The second-order valence-electron chi connectivity index (χ2n) is 7.29. The summed E-state index contributed by atoms with van der Waals surface area (Å²) in [7, 11) is 1.95. The van der Waals surface area contributed by atoms with Crippen molar-refractivity contribution in [1.29, 1.82) is 5.26 Å². The van der Waals surface area contributed by atoms with Crippen LogP contribution in [0.5, 0.6) is 0 Å². The fraction of sp³-hybridized carbons (Fsp3) is 0.381. The van der Waals surface area contributed by atoms with Gasteiger partial charge in [0.1, 0.15) is 5.82 Å². The zero-order chi connectivity index (χ0) is 18.1. The number of rotatable bonds is 2. The van der Waals surface area contributed by atoms with E-state index >= 15 is 0 Å². The first-order valence-electron chi connectivity index (χ1n) is 9.07. The highest BCUT2D eigenvalue weighted by Gasteiger charge is 2.50. The van der Waals surface area contributed by atoms with Gasteiger partial charge in [0.2, 0.25) is 5.91 Å². The maximum atomic E-state index is 12.9. The molecule has 2 fully saturated rings. The van der Waals surface area contributed by atoms with E-state index in [-0.39, 0.29) is 17.4 Å². The molecule has 5 nitrogen and oxygen atoms in total. The first-order chi connectivity index (χ1) is 12.6. The third-order valence-corrected chi connectivity index (χ3v) is 6.02. The van der Waals surface area contributed by atoms with E-state index in [4.69, 9.17) is 5.26 Å². The fourth-order valence-electron chi connectivity index (χ4n) is 4.37. The summed E-state index contributed by atoms with van der Waals surface area (Å²) in [5.74, 6) is 1.05. The van der Waals surface area contributed by atoms with E-state index < -0.39 is 0 Å². The highest BCUT2D eigenvalue weighted by Crippen LogP contribution is 2.45. The minimum absolute atomic E-state index is 0.0345. The molecule has 5 heteroatoms. The Labute approximate surface area is 153 Å². The van der Waals surface area contributed by atoms with E-state index in [9.17, 15) is 4.79 Å². The predicted molar refractivity (Wildman–Crippen MR) is 99.7 cm³/mol. The SMILES string of the molecule is CN1C(=O)[C@H](c2ccccc2)CC12CCN(c1cc(C#N)ccn1)CC2. The summed E-state index contributed by atoms with van der Waals surface area (Å²) < 4.78 is 0. The van der Waals surface area contributed by atoms with Crippen LogP contribution in [0.15, 0.2) is 48.7 Å². The lowest BCUT2D eigenvalue weighted by Crippen LogP contribution is -2.51. The average Bonchev–Trinajstić information content (AvgIpc) is 2.94. The van der Waals surface area contributed by atoms with E-state index in [2.05, 4.69) is 28.1 Å². The van der Waals surface area contributed by atoms with E-state index in [1.807, 2.05) is 36.2 Å². The summed E-state index contributed by atoms with van der Waals surface area (Å²) in [5, 5.41) is 9.09. The van der Waals surface area contributed by atoms with Crippen molar-refractivity contribution in [2.24, 2.45) is 0 Å². The molecule has 3 heterocycles. The van der Waals surface area contributed by atoms with Crippen molar-refractivity contribution in [3.05, 3.63) is 59.8 Å². The number of nitriles is 1. The Bertz CT molecular complexity index is 850. The molecule has 1 spiro atoms. The van der Waals surface area contributed by atoms with Crippen LogP contribution in [-0.4, -0.2) is 41.5 Å². The third kappa shape index (κ3) is 2.72. The van der Waals surface area contributed by atoms with E-state index in [1.165, 1.54) is 0 Å². The van der Waals surface area contributed by atoms with Crippen molar-refractivity contribution in [1.82, 2.24) is 9.88 Å². The number of benzene rings is 1. The highest BCUT2D eigenvalue weighted by atomic mass is 16.2. The molecule has 1 atom stereocenters. The molecular formula is C21H22N4O. The van der Waals surface area contributed by atoms with Crippen molar-refractivity contribution in [2.75, 3.05) is 25.0 Å². The number of hydrogen-bond donors (Lipinski definition) is 0. The number of pyridine rings is 1. The summed E-state index contributed by atoms with van der Waals surface area (Å²) in [6.07, 6.45) is 4.43. The Morgan fingerprint density at radius 1 is 1.19 bits per heavy atom. The lowest BCUT2D eigenvalue weighted by Gasteiger charge is -2.43. The Kier molecular flexibility index (Phi) is 4.12. The molecule has 0 N–H and O–H groups in total. The molecule has 0 bridgehead atoms. The molecule has 26 heavy (non-hydrogen) atoms. The van der Waals surface area contributed by atoms with Crippen molar-refractivity contribution in [3.8, 4) is 6.07 Å². The normalized spacial score (nSPS) is 21.8. The number of aromatic nitrogens is 1. The molecule has 4 rings (SSSR count). The van der Waals surface area contributed by atoms with Gasteiger partial charge in [0, 0.05) is 31.9 Å². The Balaban J connectivity index is 1.51. The Morgan fingerprint density at radius 3 is 2.62 bits per heavy atom. The first-order valence-corrected chi connectivity index (χ1v) is 9.07. The standard InChI is InChI=1S/C21H22N4O/c1-24-20(26)18(17-5-3-2-4-6-17)14-21(24)8-11-25(12-9-21)19-13-16(15-22)7-10-23-19/h2-7,10,13,18H,8-9,11-12,14H2,1H3/t18-/m0/s1. The van der Waals surface area contributed by atoms with E-state index in [0.29, 0.717) is 5.56 Å². The van der Waals surface area contributed by atoms with Crippen LogP contribution in [0.3, 0.4) is 0 Å². The topological polar surface area (TPSA) is 60.2 Å². The maximum absolute atomic E-state index is 12.9. The molecule has 132 valence electrons. The number of piperidine rings is 1. The predicted octanol–water partition coefficient (Wildman–Crippen LogP) is 2.94. The zero-order valence-corrected chi connectivity index (χ0v) is 14.9. The highest BCUT2D eigenvalue weighted by molar-refractivity contribution is 5.87. The number of likely N-dealkylation sites (N-methyl/N-ethyl adjacent to an activating group) is 1. The molecule has 1 amide bonds. The van der Waals surface area contributed by atoms with Gasteiger partial charge in [-0.1, -0.05) is 30.3 Å². The van der Waals surface area contributed by atoms with Gasteiger partial charge >= 0.3 is 0 Å². The smallest absolute Gasteiger partial charge is 0.230 e. The number of carbonyl (C=O) groups is 1. The third-order valence-electron chi connectivity index (χ3n) is 6.02. The summed E-state index contributed by atoms with van der Waals surface area (Å²) in [6, 6.07) is 15.9. The van der Waals surface area contributed by atoms with Gasteiger partial charge in [0.25, 0.3) is 0 Å². The first kappa shape index (κ1) is 16.6. The van der Waals surface area contributed by atoms with Crippen molar-refractivity contribution >= 4 is 11.7 Å². The van der Waals surface area contributed by atoms with Gasteiger partial charge in [-0.05, 0) is 37.0 Å². The molecule has 0 radical (unpaired) electrons. The van der Waals surface area contributed by atoms with Crippen molar-refractivity contribution in [2.45, 2.75) is 30.7 Å². The van der Waals surface area contributed by atoms with Crippen LogP contribution in [0.4, 0.5) is 5.82 Å². The number of hydrogen-bond acceptors (Lipinski definition) is 4. The monoisotopic (exact) mass is 346 g/mol. The molecule has 0 saturated carbocycles. The largest absolute Gasteiger partial charge is 0.356 e. The quantitative estimate of drug-likeness (QED) is 0.839. The number of carbonyl (C=O) groups excluding carboxylic acids is 1. The van der Waals surface area contributed by atoms with Gasteiger partial charge in [0.15, 0.2) is 0 Å². The summed E-state index contributed by atoms with van der Waals surface area (Å²) in [6.45, 7) is 1.70. The van der Waals surface area contributed by atoms with Gasteiger partial charge in [-0.3, -0.25) is 4.79 Å². The lowest BCUT2D eigenvalue weighted by molar-refractivity contribution is -0.131. The van der Waals surface area contributed by atoms with Crippen LogP contribution < -0.4 is 4.90 Å². The summed E-state index contributed by atoms with van der Waals surface area (Å²) >= 11 is 0. The van der Waals surface area contributed by atoms with Crippen LogP contribution in [0, 0.1) is 11.3 Å². The number of amides is 1. The van der Waals surface area contributed by atoms with Crippen LogP contribution >= 0.6 is 0 Å². The molecule has 1 aromatic heterocycles. The minimum Gasteiger partial charge on any atom is -0.356 e. The molecule has 0 aliphatic carbocycles. The fourth-order valence-corrected chi connectivity index (χ4v) is 4.37. The second kappa shape index (κ2) is 6.45. The Hall–Kier alpha value is -2.87. The van der Waals surface area contributed by atoms with Crippen molar-refractivity contribution < 1.29 is 4.79 Å². The van der Waals surface area contributed by atoms with Crippen LogP contribution in [0.2, 0.25) is 0 Å². The van der Waals surface area contributed by atoms with Crippen LogP contribution in [0.25, 0.3) is 0 Å². The molecule has 2 aliphatic rings. The van der Waals surface area contributed by atoms with Gasteiger partial charge in [-0.15, -0.1) is 0 Å². The molecular weight excluding hydrogens is 324 g/mol. The average molecular weight is 346 g/mol. The molecule has 2 saturated heterocycles. The van der Waals surface area contributed by atoms with Gasteiger partial charge in [0.05, 0.1) is 17.6 Å².